The van der Waals surface area contributed by atoms with Crippen molar-refractivity contribution in [2.24, 2.45) is 0 Å². The van der Waals surface area contributed by atoms with Crippen LogP contribution in [0, 0.1) is 0 Å². The third-order valence-corrected chi connectivity index (χ3v) is 3.30. The first-order chi connectivity index (χ1) is 9.02. The highest BCUT2D eigenvalue weighted by Crippen LogP contribution is 2.28. The van der Waals surface area contributed by atoms with Crippen LogP contribution in [0.2, 0.25) is 10.2 Å². The van der Waals surface area contributed by atoms with E-state index in [1.54, 1.807) is 24.3 Å². The highest BCUT2D eigenvalue weighted by atomic mass is 35.5. The summed E-state index contributed by atoms with van der Waals surface area (Å²) >= 11 is 11.7. The number of hydrogen-bond donors (Lipinski definition) is 1. The topological polar surface area (TPSA) is 38.1 Å². The summed E-state index contributed by atoms with van der Waals surface area (Å²) in [5.74, 6) is 0. The van der Waals surface area contributed by atoms with Gasteiger partial charge in [0.25, 0.3) is 6.43 Å². The van der Waals surface area contributed by atoms with Crippen LogP contribution in [0.1, 0.15) is 23.2 Å². The van der Waals surface area contributed by atoms with Crippen LogP contribution >= 0.6 is 23.2 Å². The van der Waals surface area contributed by atoms with E-state index >= 15 is 0 Å². The van der Waals surface area contributed by atoms with Crippen molar-refractivity contribution in [3.8, 4) is 0 Å². The Morgan fingerprint density at radius 2 is 1.84 bits per heavy atom. The maximum atomic E-state index is 12.7. The number of hydrogen-bond acceptors (Lipinski definition) is 2. The van der Waals surface area contributed by atoms with Gasteiger partial charge in [-0.05, 0) is 17.7 Å². The van der Waals surface area contributed by atoms with Gasteiger partial charge in [0, 0.05) is 10.6 Å². The molecule has 1 heterocycles. The average molecular weight is 307 g/mol. The van der Waals surface area contributed by atoms with E-state index in [2.05, 4.69) is 5.10 Å². The Labute approximate surface area is 118 Å². The predicted molar refractivity (Wildman–Crippen MR) is 68.7 cm³/mol. The van der Waals surface area contributed by atoms with Crippen LogP contribution in [0.15, 0.2) is 24.3 Å². The minimum absolute atomic E-state index is 0.0211. The minimum atomic E-state index is -2.77. The normalized spacial score (nSPS) is 11.3. The summed E-state index contributed by atoms with van der Waals surface area (Å²) in [5.41, 5.74) is 0.297. The number of aliphatic hydroxyl groups is 1. The molecule has 0 atom stereocenters. The van der Waals surface area contributed by atoms with E-state index in [0.29, 0.717) is 5.02 Å². The minimum Gasteiger partial charge on any atom is -0.391 e. The van der Waals surface area contributed by atoms with Crippen LogP contribution in [-0.4, -0.2) is 14.9 Å². The van der Waals surface area contributed by atoms with E-state index in [9.17, 15) is 8.78 Å². The zero-order valence-corrected chi connectivity index (χ0v) is 11.2. The number of benzene rings is 1. The Morgan fingerprint density at radius 1 is 1.21 bits per heavy atom. The van der Waals surface area contributed by atoms with Gasteiger partial charge >= 0.3 is 0 Å². The Kier molecular flexibility index (Phi) is 4.39. The lowest BCUT2D eigenvalue weighted by Gasteiger charge is -2.03. The summed E-state index contributed by atoms with van der Waals surface area (Å²) in [4.78, 5) is 0. The van der Waals surface area contributed by atoms with Crippen molar-refractivity contribution < 1.29 is 13.9 Å². The fourth-order valence-corrected chi connectivity index (χ4v) is 2.06. The first-order valence-electron chi connectivity index (χ1n) is 5.41. The Bertz CT molecular complexity index is 570. The van der Waals surface area contributed by atoms with Gasteiger partial charge in [0.2, 0.25) is 0 Å². The number of aliphatic hydroxyl groups excluding tert-OH is 1. The highest BCUT2D eigenvalue weighted by molar-refractivity contribution is 6.30. The van der Waals surface area contributed by atoms with Crippen LogP contribution in [0.5, 0.6) is 0 Å². The second kappa shape index (κ2) is 5.86. The van der Waals surface area contributed by atoms with Gasteiger partial charge in [-0.15, -0.1) is 0 Å². The van der Waals surface area contributed by atoms with Gasteiger partial charge in [-0.3, -0.25) is 0 Å². The molecule has 0 unspecified atom stereocenters. The predicted octanol–water partition coefficient (Wildman–Crippen LogP) is 3.67. The molecule has 7 heteroatoms. The number of nitrogens with zero attached hydrogens (tertiary/aromatic N) is 2. The smallest absolute Gasteiger partial charge is 0.282 e. The third-order valence-electron chi connectivity index (χ3n) is 2.62. The molecule has 0 fully saturated rings. The monoisotopic (exact) mass is 306 g/mol. The molecule has 1 aromatic carbocycles. The zero-order valence-electron chi connectivity index (χ0n) is 9.65. The number of alkyl halides is 2. The molecule has 0 saturated carbocycles. The second-order valence-electron chi connectivity index (χ2n) is 3.90. The third kappa shape index (κ3) is 3.05. The molecule has 1 N–H and O–H groups in total. The SMILES string of the molecule is OCc1c(C(F)F)nn(Cc2ccc(Cl)cc2)c1Cl. The van der Waals surface area contributed by atoms with Crippen molar-refractivity contribution in [2.45, 2.75) is 19.6 Å². The first kappa shape index (κ1) is 14.2. The maximum Gasteiger partial charge on any atom is 0.282 e. The fraction of sp³-hybridized carbons (Fsp3) is 0.250. The van der Waals surface area contributed by atoms with E-state index in [4.69, 9.17) is 28.3 Å². The average Bonchev–Trinajstić information content (AvgIpc) is 2.69. The Morgan fingerprint density at radius 3 is 2.32 bits per heavy atom. The van der Waals surface area contributed by atoms with Gasteiger partial charge in [0.05, 0.1) is 13.2 Å². The molecular weight excluding hydrogens is 297 g/mol. The second-order valence-corrected chi connectivity index (χ2v) is 4.69. The van der Waals surface area contributed by atoms with Crippen molar-refractivity contribution in [3.63, 3.8) is 0 Å². The van der Waals surface area contributed by atoms with Crippen molar-refractivity contribution in [1.82, 2.24) is 9.78 Å². The molecule has 0 aliphatic carbocycles. The van der Waals surface area contributed by atoms with Crippen molar-refractivity contribution in [3.05, 3.63) is 51.3 Å². The van der Waals surface area contributed by atoms with E-state index in [1.165, 1.54) is 4.68 Å². The highest BCUT2D eigenvalue weighted by Gasteiger charge is 2.22. The lowest BCUT2D eigenvalue weighted by Crippen LogP contribution is -2.02. The molecule has 19 heavy (non-hydrogen) atoms. The maximum absolute atomic E-state index is 12.7. The molecule has 3 nitrogen and oxygen atoms in total. The number of rotatable bonds is 4. The van der Waals surface area contributed by atoms with Crippen molar-refractivity contribution in [2.75, 3.05) is 0 Å². The van der Waals surface area contributed by atoms with Gasteiger partial charge in [0.1, 0.15) is 10.8 Å². The Hall–Kier alpha value is -1.17. The summed E-state index contributed by atoms with van der Waals surface area (Å²) in [5, 5.41) is 13.4. The molecular formula is C12H10Cl2F2N2O. The molecule has 0 amide bonds. The molecule has 1 aromatic heterocycles. The number of aromatic nitrogens is 2. The zero-order chi connectivity index (χ0) is 14.0. The van der Waals surface area contributed by atoms with E-state index < -0.39 is 18.7 Å². The van der Waals surface area contributed by atoms with Gasteiger partial charge in [-0.1, -0.05) is 35.3 Å². The van der Waals surface area contributed by atoms with Crippen molar-refractivity contribution in [1.29, 1.82) is 0 Å². The lowest BCUT2D eigenvalue weighted by molar-refractivity contribution is 0.141. The van der Waals surface area contributed by atoms with Gasteiger partial charge in [-0.2, -0.15) is 5.10 Å². The van der Waals surface area contributed by atoms with E-state index in [1.807, 2.05) is 0 Å². The lowest BCUT2D eigenvalue weighted by atomic mass is 10.2. The number of halogens is 4. The molecule has 102 valence electrons. The van der Waals surface area contributed by atoms with Gasteiger partial charge < -0.3 is 5.11 Å². The summed E-state index contributed by atoms with van der Waals surface area (Å²) in [6.07, 6.45) is -2.77. The van der Waals surface area contributed by atoms with E-state index in [-0.39, 0.29) is 17.3 Å². The van der Waals surface area contributed by atoms with Crippen LogP contribution in [0.4, 0.5) is 8.78 Å². The summed E-state index contributed by atoms with van der Waals surface area (Å²) in [7, 11) is 0. The molecule has 0 bridgehead atoms. The molecule has 2 aromatic rings. The standard InChI is InChI=1S/C12H10Cl2F2N2O/c13-8-3-1-7(2-4-8)5-18-11(14)9(6-19)10(17-18)12(15)16/h1-4,12,19H,5-6H2. The van der Waals surface area contributed by atoms with Crippen LogP contribution in [0.3, 0.4) is 0 Å². The Balaban J connectivity index is 2.32. The summed E-state index contributed by atoms with van der Waals surface area (Å²) in [6.45, 7) is -0.338. The van der Waals surface area contributed by atoms with Crippen LogP contribution < -0.4 is 0 Å². The molecule has 0 spiro atoms. The van der Waals surface area contributed by atoms with E-state index in [0.717, 1.165) is 5.56 Å². The first-order valence-corrected chi connectivity index (χ1v) is 6.17. The van der Waals surface area contributed by atoms with Gasteiger partial charge in [-0.25, -0.2) is 13.5 Å². The van der Waals surface area contributed by atoms with Crippen LogP contribution in [-0.2, 0) is 13.2 Å². The molecule has 2 rings (SSSR count). The molecule has 0 radical (unpaired) electrons. The molecule has 0 saturated heterocycles. The fourth-order valence-electron chi connectivity index (χ4n) is 1.68. The van der Waals surface area contributed by atoms with Crippen LogP contribution in [0.25, 0.3) is 0 Å². The van der Waals surface area contributed by atoms with Gasteiger partial charge in [0.15, 0.2) is 0 Å². The molecule has 0 aliphatic heterocycles. The summed E-state index contributed by atoms with van der Waals surface area (Å²) < 4.78 is 26.7. The largest absolute Gasteiger partial charge is 0.391 e. The summed E-state index contributed by atoms with van der Waals surface area (Å²) in [6, 6.07) is 6.88. The quantitative estimate of drug-likeness (QED) is 0.936. The molecule has 0 aliphatic rings. The van der Waals surface area contributed by atoms with Crippen molar-refractivity contribution >= 4 is 23.2 Å².